The summed E-state index contributed by atoms with van der Waals surface area (Å²) in [4.78, 5) is 36.8. The monoisotopic (exact) mass is 379 g/mol. The lowest BCUT2D eigenvalue weighted by Crippen LogP contribution is -2.50. The molecule has 0 radical (unpaired) electrons. The Kier molecular flexibility index (Phi) is 5.92. The van der Waals surface area contributed by atoms with E-state index in [-0.39, 0.29) is 13.2 Å². The fourth-order valence-corrected chi connectivity index (χ4v) is 3.30. The van der Waals surface area contributed by atoms with Crippen molar-refractivity contribution in [1.82, 2.24) is 0 Å². The van der Waals surface area contributed by atoms with Crippen molar-refractivity contribution in [3.05, 3.63) is 30.3 Å². The number of carbonyl (C=O) groups is 3. The number of rotatable bonds is 5. The lowest BCUT2D eigenvalue weighted by molar-refractivity contribution is -0.181. The normalized spacial score (nSPS) is 29.4. The van der Waals surface area contributed by atoms with Gasteiger partial charge in [-0.3, -0.25) is 14.9 Å². The Hall–Kier alpha value is -2.65. The molecule has 0 aliphatic carbocycles. The van der Waals surface area contributed by atoms with Gasteiger partial charge in [0.05, 0.1) is 12.5 Å². The van der Waals surface area contributed by atoms with E-state index in [1.54, 1.807) is 31.2 Å². The van der Waals surface area contributed by atoms with Gasteiger partial charge in [-0.2, -0.15) is 0 Å². The molecule has 0 spiro atoms. The zero-order chi connectivity index (χ0) is 19.4. The van der Waals surface area contributed by atoms with E-state index in [1.807, 2.05) is 6.07 Å². The maximum Gasteiger partial charge on any atom is 0.412 e. The predicted octanol–water partition coefficient (Wildman–Crippen LogP) is 1.33. The van der Waals surface area contributed by atoms with Crippen LogP contribution >= 0.6 is 0 Å². The standard InChI is InChI=1S/C18H21NO8/c1-3-24-15(20)13-12-11(9-25-16(13)21)26-17(23-2)14(12)27-18(22)19-10-7-5-4-6-8-10/h4-8,11-14,17H,3,9H2,1-2H3,(H,19,22). The van der Waals surface area contributed by atoms with Crippen LogP contribution in [0.5, 0.6) is 0 Å². The van der Waals surface area contributed by atoms with E-state index in [9.17, 15) is 14.4 Å². The van der Waals surface area contributed by atoms with Gasteiger partial charge in [-0.25, -0.2) is 4.79 Å². The molecule has 1 N–H and O–H groups in total. The van der Waals surface area contributed by atoms with Crippen molar-refractivity contribution in [2.45, 2.75) is 25.4 Å². The van der Waals surface area contributed by atoms with Crippen LogP contribution in [-0.4, -0.2) is 56.9 Å². The highest BCUT2D eigenvalue weighted by molar-refractivity contribution is 5.96. The van der Waals surface area contributed by atoms with Crippen molar-refractivity contribution in [3.8, 4) is 0 Å². The number of benzene rings is 1. The second-order valence-corrected chi connectivity index (χ2v) is 6.08. The maximum atomic E-state index is 12.3. The molecule has 1 aromatic carbocycles. The molecule has 3 rings (SSSR count). The molecule has 1 amide bonds. The third-order valence-electron chi connectivity index (χ3n) is 4.45. The molecule has 2 aliphatic rings. The molecule has 2 aliphatic heterocycles. The minimum atomic E-state index is -1.25. The van der Waals surface area contributed by atoms with Crippen LogP contribution in [0, 0.1) is 11.8 Å². The van der Waals surface area contributed by atoms with Crippen LogP contribution in [0.15, 0.2) is 30.3 Å². The van der Waals surface area contributed by atoms with E-state index in [4.69, 9.17) is 23.7 Å². The molecule has 5 atom stereocenters. The summed E-state index contributed by atoms with van der Waals surface area (Å²) in [5, 5.41) is 2.58. The summed E-state index contributed by atoms with van der Waals surface area (Å²) in [5.41, 5.74) is 0.539. The highest BCUT2D eigenvalue weighted by Crippen LogP contribution is 2.39. The van der Waals surface area contributed by atoms with Gasteiger partial charge in [-0.05, 0) is 19.1 Å². The fourth-order valence-electron chi connectivity index (χ4n) is 3.30. The number of anilines is 1. The van der Waals surface area contributed by atoms with E-state index in [0.717, 1.165) is 0 Å². The Morgan fingerprint density at radius 2 is 2.00 bits per heavy atom. The average Bonchev–Trinajstić information content (AvgIpc) is 3.00. The first-order valence-corrected chi connectivity index (χ1v) is 8.59. The summed E-state index contributed by atoms with van der Waals surface area (Å²) in [7, 11) is 1.38. The number of ether oxygens (including phenoxy) is 5. The topological polar surface area (TPSA) is 109 Å². The smallest absolute Gasteiger partial charge is 0.412 e. The molecule has 0 saturated carbocycles. The summed E-state index contributed by atoms with van der Waals surface area (Å²) in [6.07, 6.45) is -3.31. The molecule has 27 heavy (non-hydrogen) atoms. The number of amides is 1. The van der Waals surface area contributed by atoms with Crippen molar-refractivity contribution in [1.29, 1.82) is 0 Å². The summed E-state index contributed by atoms with van der Waals surface area (Å²) in [6.45, 7) is 1.68. The number of carbonyl (C=O) groups excluding carboxylic acids is 3. The third kappa shape index (κ3) is 4.04. The minimum absolute atomic E-state index is 0.0561. The van der Waals surface area contributed by atoms with Crippen molar-refractivity contribution in [2.24, 2.45) is 11.8 Å². The largest absolute Gasteiger partial charge is 0.465 e. The number of cyclic esters (lactones) is 1. The van der Waals surface area contributed by atoms with Crippen molar-refractivity contribution in [3.63, 3.8) is 0 Å². The molecular formula is C18H21NO8. The Bertz CT molecular complexity index is 694. The van der Waals surface area contributed by atoms with E-state index in [2.05, 4.69) is 5.32 Å². The van der Waals surface area contributed by atoms with Crippen LogP contribution in [-0.2, 0) is 33.3 Å². The van der Waals surface area contributed by atoms with Crippen LogP contribution in [0.2, 0.25) is 0 Å². The first-order valence-electron chi connectivity index (χ1n) is 8.59. The second kappa shape index (κ2) is 8.36. The summed E-state index contributed by atoms with van der Waals surface area (Å²) < 4.78 is 26.4. The Morgan fingerprint density at radius 3 is 2.67 bits per heavy atom. The Balaban J connectivity index is 1.79. The molecule has 2 saturated heterocycles. The molecule has 146 valence electrons. The van der Waals surface area contributed by atoms with E-state index >= 15 is 0 Å². The highest BCUT2D eigenvalue weighted by atomic mass is 16.7. The zero-order valence-corrected chi connectivity index (χ0v) is 15.0. The number of para-hydroxylation sites is 1. The Morgan fingerprint density at radius 1 is 1.26 bits per heavy atom. The van der Waals surface area contributed by atoms with Gasteiger partial charge in [0.1, 0.15) is 12.7 Å². The molecule has 0 aromatic heterocycles. The van der Waals surface area contributed by atoms with Crippen LogP contribution in [0.1, 0.15) is 6.92 Å². The SMILES string of the molecule is CCOC(=O)C1C(=O)OCC2OC(OC)C(OC(=O)Nc3ccccc3)C21. The van der Waals surface area contributed by atoms with Gasteiger partial charge < -0.3 is 23.7 Å². The molecule has 2 fully saturated rings. The summed E-state index contributed by atoms with van der Waals surface area (Å²) in [6, 6.07) is 8.72. The lowest BCUT2D eigenvalue weighted by Gasteiger charge is -2.31. The number of fused-ring (bicyclic) bond motifs is 1. The fraction of sp³-hybridized carbons (Fsp3) is 0.500. The number of nitrogens with one attached hydrogen (secondary N) is 1. The van der Waals surface area contributed by atoms with E-state index < -0.39 is 48.4 Å². The zero-order valence-electron chi connectivity index (χ0n) is 15.0. The van der Waals surface area contributed by atoms with Crippen LogP contribution in [0.25, 0.3) is 0 Å². The third-order valence-corrected chi connectivity index (χ3v) is 4.45. The van der Waals surface area contributed by atoms with Gasteiger partial charge in [-0.1, -0.05) is 18.2 Å². The van der Waals surface area contributed by atoms with Gasteiger partial charge in [0.25, 0.3) is 0 Å². The van der Waals surface area contributed by atoms with Crippen LogP contribution in [0.4, 0.5) is 10.5 Å². The van der Waals surface area contributed by atoms with Gasteiger partial charge >= 0.3 is 18.0 Å². The van der Waals surface area contributed by atoms with Gasteiger partial charge in [0.15, 0.2) is 18.3 Å². The molecule has 0 bridgehead atoms. The van der Waals surface area contributed by atoms with Crippen LogP contribution in [0.3, 0.4) is 0 Å². The molecule has 5 unspecified atom stereocenters. The van der Waals surface area contributed by atoms with E-state index in [1.165, 1.54) is 7.11 Å². The number of methoxy groups -OCH3 is 1. The van der Waals surface area contributed by atoms with Gasteiger partial charge in [0, 0.05) is 12.8 Å². The average molecular weight is 379 g/mol. The molecule has 2 heterocycles. The number of hydrogen-bond donors (Lipinski definition) is 1. The minimum Gasteiger partial charge on any atom is -0.465 e. The quantitative estimate of drug-likeness (QED) is 0.464. The molecule has 9 nitrogen and oxygen atoms in total. The van der Waals surface area contributed by atoms with Crippen molar-refractivity contribution >= 4 is 23.7 Å². The van der Waals surface area contributed by atoms with Crippen LogP contribution < -0.4 is 5.32 Å². The molecular weight excluding hydrogens is 358 g/mol. The lowest BCUT2D eigenvalue weighted by atomic mass is 9.83. The molecule has 9 heteroatoms. The Labute approximate surface area is 155 Å². The first-order chi connectivity index (χ1) is 13.0. The molecule has 1 aromatic rings. The number of esters is 2. The van der Waals surface area contributed by atoms with Gasteiger partial charge in [-0.15, -0.1) is 0 Å². The van der Waals surface area contributed by atoms with E-state index in [0.29, 0.717) is 5.69 Å². The number of hydrogen-bond acceptors (Lipinski definition) is 8. The van der Waals surface area contributed by atoms with Gasteiger partial charge in [0.2, 0.25) is 0 Å². The first kappa shape index (κ1) is 19.1. The van der Waals surface area contributed by atoms with Crippen molar-refractivity contribution in [2.75, 3.05) is 25.6 Å². The summed E-state index contributed by atoms with van der Waals surface area (Å²) >= 11 is 0. The second-order valence-electron chi connectivity index (χ2n) is 6.08. The van der Waals surface area contributed by atoms with Crippen molar-refractivity contribution < 1.29 is 38.1 Å². The highest BCUT2D eigenvalue weighted by Gasteiger charge is 2.58. The predicted molar refractivity (Wildman–Crippen MR) is 90.6 cm³/mol. The maximum absolute atomic E-state index is 12.3. The summed E-state index contributed by atoms with van der Waals surface area (Å²) in [5.74, 6) is -3.49.